The summed E-state index contributed by atoms with van der Waals surface area (Å²) in [6.45, 7) is 7.10. The number of amides is 1. The number of carbonyl (C=O) groups is 1. The Kier molecular flexibility index (Phi) is 7.72. The van der Waals surface area contributed by atoms with Crippen molar-refractivity contribution in [3.05, 3.63) is 36.4 Å². The van der Waals surface area contributed by atoms with Crippen molar-refractivity contribution in [3.8, 4) is 11.1 Å². The number of nitrogens with zero attached hydrogens (tertiary/aromatic N) is 4. The minimum atomic E-state index is 0.152. The first-order valence-electron chi connectivity index (χ1n) is 12.5. The SMILES string of the molecule is CCC(CC)C(=O)NCC1CCC(c2nc(N3CCCC3)ncc2-c2ccncc2)CC1. The molecule has 1 aliphatic carbocycles. The fraction of sp³-hybridized carbons (Fsp3) is 0.615. The van der Waals surface area contributed by atoms with Crippen molar-refractivity contribution >= 4 is 11.9 Å². The van der Waals surface area contributed by atoms with Crippen LogP contribution in [-0.2, 0) is 4.79 Å². The molecular formula is C26H37N5O. The predicted molar refractivity (Wildman–Crippen MR) is 128 cm³/mol. The van der Waals surface area contributed by atoms with Gasteiger partial charge in [-0.15, -0.1) is 0 Å². The van der Waals surface area contributed by atoms with E-state index >= 15 is 0 Å². The molecule has 1 N–H and O–H groups in total. The zero-order valence-electron chi connectivity index (χ0n) is 19.6. The Balaban J connectivity index is 1.45. The fourth-order valence-electron chi connectivity index (χ4n) is 5.21. The first-order valence-corrected chi connectivity index (χ1v) is 12.5. The van der Waals surface area contributed by atoms with Gasteiger partial charge < -0.3 is 10.2 Å². The molecule has 1 saturated carbocycles. The maximum absolute atomic E-state index is 12.4. The summed E-state index contributed by atoms with van der Waals surface area (Å²) in [7, 11) is 0. The van der Waals surface area contributed by atoms with Crippen LogP contribution in [0.5, 0.6) is 0 Å². The lowest BCUT2D eigenvalue weighted by Crippen LogP contribution is -2.35. The minimum Gasteiger partial charge on any atom is -0.356 e. The van der Waals surface area contributed by atoms with Gasteiger partial charge in [0.15, 0.2) is 0 Å². The van der Waals surface area contributed by atoms with E-state index in [1.807, 2.05) is 18.6 Å². The van der Waals surface area contributed by atoms with Gasteiger partial charge in [0.25, 0.3) is 0 Å². The van der Waals surface area contributed by atoms with Crippen LogP contribution in [0.3, 0.4) is 0 Å². The number of rotatable bonds is 8. The Morgan fingerprint density at radius 1 is 1.09 bits per heavy atom. The number of anilines is 1. The number of hydrogen-bond acceptors (Lipinski definition) is 5. The molecule has 0 unspecified atom stereocenters. The van der Waals surface area contributed by atoms with Gasteiger partial charge in [-0.05, 0) is 75.0 Å². The highest BCUT2D eigenvalue weighted by molar-refractivity contribution is 5.78. The zero-order chi connectivity index (χ0) is 22.3. The van der Waals surface area contributed by atoms with Crippen LogP contribution >= 0.6 is 0 Å². The lowest BCUT2D eigenvalue weighted by atomic mass is 9.79. The first kappa shape index (κ1) is 22.7. The Morgan fingerprint density at radius 2 is 1.78 bits per heavy atom. The van der Waals surface area contributed by atoms with E-state index < -0.39 is 0 Å². The van der Waals surface area contributed by atoms with Gasteiger partial charge in [0.05, 0.1) is 5.69 Å². The highest BCUT2D eigenvalue weighted by Crippen LogP contribution is 2.39. The van der Waals surface area contributed by atoms with E-state index in [0.29, 0.717) is 11.8 Å². The van der Waals surface area contributed by atoms with Gasteiger partial charge >= 0.3 is 0 Å². The average Bonchev–Trinajstić information content (AvgIpc) is 3.39. The normalized spacial score (nSPS) is 21.2. The Hall–Kier alpha value is -2.50. The van der Waals surface area contributed by atoms with Crippen LogP contribution in [0.1, 0.15) is 76.8 Å². The molecule has 1 aliphatic heterocycles. The molecule has 6 nitrogen and oxygen atoms in total. The quantitative estimate of drug-likeness (QED) is 0.634. The van der Waals surface area contributed by atoms with E-state index in [1.54, 1.807) is 0 Å². The second kappa shape index (κ2) is 10.9. The largest absolute Gasteiger partial charge is 0.356 e. The van der Waals surface area contributed by atoms with Crippen molar-refractivity contribution in [1.82, 2.24) is 20.3 Å². The number of hydrogen-bond donors (Lipinski definition) is 1. The molecule has 2 aromatic heterocycles. The maximum Gasteiger partial charge on any atom is 0.225 e. The molecule has 0 atom stereocenters. The van der Waals surface area contributed by atoms with E-state index in [0.717, 1.165) is 75.2 Å². The topological polar surface area (TPSA) is 71.0 Å². The van der Waals surface area contributed by atoms with Gasteiger partial charge in [-0.1, -0.05) is 13.8 Å². The molecule has 6 heteroatoms. The summed E-state index contributed by atoms with van der Waals surface area (Å²) in [4.78, 5) is 28.7. The van der Waals surface area contributed by atoms with Crippen LogP contribution in [0, 0.1) is 11.8 Å². The smallest absolute Gasteiger partial charge is 0.225 e. The average molecular weight is 436 g/mol. The predicted octanol–water partition coefficient (Wildman–Crippen LogP) is 4.97. The lowest BCUT2D eigenvalue weighted by molar-refractivity contribution is -0.125. The number of aromatic nitrogens is 3. The zero-order valence-corrected chi connectivity index (χ0v) is 19.6. The molecule has 0 bridgehead atoms. The van der Waals surface area contributed by atoms with Crippen LogP contribution in [-0.4, -0.2) is 40.5 Å². The molecule has 172 valence electrons. The molecule has 0 radical (unpaired) electrons. The van der Waals surface area contributed by atoms with Crippen molar-refractivity contribution in [1.29, 1.82) is 0 Å². The standard InChI is InChI=1S/C26H37N5O/c1-3-20(4-2)25(32)28-17-19-7-9-22(10-8-19)24-23(21-11-13-27-14-12-21)18-29-26(30-24)31-15-5-6-16-31/h11-14,18-20,22H,3-10,15-17H2,1-2H3,(H,28,32). The summed E-state index contributed by atoms with van der Waals surface area (Å²) in [5.41, 5.74) is 3.47. The van der Waals surface area contributed by atoms with E-state index in [4.69, 9.17) is 9.97 Å². The molecule has 1 saturated heterocycles. The van der Waals surface area contributed by atoms with Crippen LogP contribution in [0.2, 0.25) is 0 Å². The molecular weight excluding hydrogens is 398 g/mol. The van der Waals surface area contributed by atoms with Crippen LogP contribution < -0.4 is 10.2 Å². The molecule has 4 rings (SSSR count). The van der Waals surface area contributed by atoms with E-state index in [9.17, 15) is 4.79 Å². The fourth-order valence-corrected chi connectivity index (χ4v) is 5.21. The highest BCUT2D eigenvalue weighted by Gasteiger charge is 2.28. The summed E-state index contributed by atoms with van der Waals surface area (Å²) in [5, 5.41) is 3.21. The monoisotopic (exact) mass is 435 g/mol. The highest BCUT2D eigenvalue weighted by atomic mass is 16.1. The third-order valence-corrected chi connectivity index (χ3v) is 7.34. The van der Waals surface area contributed by atoms with Gasteiger partial charge in [-0.3, -0.25) is 9.78 Å². The van der Waals surface area contributed by atoms with Crippen molar-refractivity contribution in [2.75, 3.05) is 24.5 Å². The second-order valence-electron chi connectivity index (χ2n) is 9.38. The van der Waals surface area contributed by atoms with Gasteiger partial charge in [0, 0.05) is 55.6 Å². The van der Waals surface area contributed by atoms with E-state index in [1.165, 1.54) is 18.5 Å². The molecule has 1 amide bonds. The minimum absolute atomic E-state index is 0.152. The number of carbonyl (C=O) groups excluding carboxylic acids is 1. The summed E-state index contributed by atoms with van der Waals surface area (Å²) >= 11 is 0. The summed E-state index contributed by atoms with van der Waals surface area (Å²) in [6.07, 6.45) is 14.5. The third-order valence-electron chi connectivity index (χ3n) is 7.34. The number of pyridine rings is 1. The first-order chi connectivity index (χ1) is 15.7. The van der Waals surface area contributed by atoms with Crippen molar-refractivity contribution < 1.29 is 4.79 Å². The van der Waals surface area contributed by atoms with Gasteiger partial charge in [0.2, 0.25) is 11.9 Å². The van der Waals surface area contributed by atoms with Crippen LogP contribution in [0.15, 0.2) is 30.7 Å². The lowest BCUT2D eigenvalue weighted by Gasteiger charge is -2.30. The molecule has 0 spiro atoms. The van der Waals surface area contributed by atoms with Crippen LogP contribution in [0.25, 0.3) is 11.1 Å². The Bertz CT molecular complexity index is 869. The van der Waals surface area contributed by atoms with Gasteiger partial charge in [0.1, 0.15) is 0 Å². The molecule has 0 aromatic carbocycles. The van der Waals surface area contributed by atoms with E-state index in [-0.39, 0.29) is 11.8 Å². The molecule has 3 heterocycles. The summed E-state index contributed by atoms with van der Waals surface area (Å²) in [5.74, 6) is 2.26. The maximum atomic E-state index is 12.4. The molecule has 2 fully saturated rings. The number of nitrogens with one attached hydrogen (secondary N) is 1. The van der Waals surface area contributed by atoms with Gasteiger partial charge in [-0.25, -0.2) is 9.97 Å². The second-order valence-corrected chi connectivity index (χ2v) is 9.38. The summed E-state index contributed by atoms with van der Waals surface area (Å²) < 4.78 is 0. The van der Waals surface area contributed by atoms with Gasteiger partial charge in [-0.2, -0.15) is 0 Å². The van der Waals surface area contributed by atoms with Crippen molar-refractivity contribution in [2.24, 2.45) is 11.8 Å². The van der Waals surface area contributed by atoms with Crippen molar-refractivity contribution in [3.63, 3.8) is 0 Å². The van der Waals surface area contributed by atoms with Crippen molar-refractivity contribution in [2.45, 2.75) is 71.1 Å². The Labute approximate surface area is 192 Å². The summed E-state index contributed by atoms with van der Waals surface area (Å²) in [6, 6.07) is 4.10. The van der Waals surface area contributed by atoms with E-state index in [2.05, 4.69) is 41.2 Å². The Morgan fingerprint density at radius 3 is 2.44 bits per heavy atom. The molecule has 2 aliphatic rings. The molecule has 32 heavy (non-hydrogen) atoms. The van der Waals surface area contributed by atoms with Crippen LogP contribution in [0.4, 0.5) is 5.95 Å². The third kappa shape index (κ3) is 5.28. The molecule has 2 aromatic rings.